The van der Waals surface area contributed by atoms with Crippen molar-refractivity contribution in [2.75, 3.05) is 0 Å². The van der Waals surface area contributed by atoms with Gasteiger partial charge in [0.1, 0.15) is 6.29 Å². The summed E-state index contributed by atoms with van der Waals surface area (Å²) in [5.41, 5.74) is 1.34. The third-order valence-electron chi connectivity index (χ3n) is 2.04. The summed E-state index contributed by atoms with van der Waals surface area (Å²) < 4.78 is 24.6. The SMILES string of the molecule is O=Cc1ccc(-c2cnc(C(F)F)s2)cc1. The Kier molecular flexibility index (Phi) is 3.05. The van der Waals surface area contributed by atoms with Crippen molar-refractivity contribution in [2.45, 2.75) is 6.43 Å². The fourth-order valence-corrected chi connectivity index (χ4v) is 2.03. The van der Waals surface area contributed by atoms with E-state index in [1.54, 1.807) is 24.3 Å². The summed E-state index contributed by atoms with van der Waals surface area (Å²) in [6, 6.07) is 6.72. The first-order valence-electron chi connectivity index (χ1n) is 4.50. The van der Waals surface area contributed by atoms with Gasteiger partial charge in [-0.15, -0.1) is 11.3 Å². The molecule has 82 valence electrons. The predicted octanol–water partition coefficient (Wildman–Crippen LogP) is 3.56. The number of thiazole rings is 1. The number of nitrogens with zero attached hydrogens (tertiary/aromatic N) is 1. The van der Waals surface area contributed by atoms with Gasteiger partial charge in [0.15, 0.2) is 5.01 Å². The molecule has 1 aromatic heterocycles. The zero-order valence-corrected chi connectivity index (χ0v) is 8.88. The van der Waals surface area contributed by atoms with Gasteiger partial charge in [-0.2, -0.15) is 0 Å². The maximum atomic E-state index is 12.3. The van der Waals surface area contributed by atoms with Crippen LogP contribution >= 0.6 is 11.3 Å². The van der Waals surface area contributed by atoms with Gasteiger partial charge in [0.25, 0.3) is 6.43 Å². The van der Waals surface area contributed by atoms with Crippen LogP contribution in [0.5, 0.6) is 0 Å². The maximum Gasteiger partial charge on any atom is 0.289 e. The van der Waals surface area contributed by atoms with Crippen molar-refractivity contribution in [1.29, 1.82) is 0 Å². The number of aldehydes is 1. The Morgan fingerprint density at radius 1 is 1.25 bits per heavy atom. The van der Waals surface area contributed by atoms with Crippen molar-refractivity contribution in [3.63, 3.8) is 0 Å². The molecule has 0 spiro atoms. The number of aromatic nitrogens is 1. The highest BCUT2D eigenvalue weighted by Crippen LogP contribution is 2.31. The summed E-state index contributed by atoms with van der Waals surface area (Å²) in [7, 11) is 0. The predicted molar refractivity (Wildman–Crippen MR) is 57.9 cm³/mol. The monoisotopic (exact) mass is 239 g/mol. The first-order valence-corrected chi connectivity index (χ1v) is 5.32. The van der Waals surface area contributed by atoms with Crippen LogP contribution in [0.3, 0.4) is 0 Å². The Bertz CT molecular complexity index is 493. The lowest BCUT2D eigenvalue weighted by atomic mass is 10.1. The van der Waals surface area contributed by atoms with E-state index in [1.165, 1.54) is 6.20 Å². The lowest BCUT2D eigenvalue weighted by Gasteiger charge is -1.96. The van der Waals surface area contributed by atoms with E-state index in [-0.39, 0.29) is 5.01 Å². The molecule has 1 aromatic carbocycles. The van der Waals surface area contributed by atoms with Crippen LogP contribution in [0, 0.1) is 0 Å². The third-order valence-corrected chi connectivity index (χ3v) is 3.10. The number of hydrogen-bond acceptors (Lipinski definition) is 3. The number of carbonyl (C=O) groups excluding carboxylic acids is 1. The molecular formula is C11H7F2NOS. The number of benzene rings is 1. The molecule has 0 unspecified atom stereocenters. The van der Waals surface area contributed by atoms with E-state index < -0.39 is 6.43 Å². The minimum atomic E-state index is -2.53. The fraction of sp³-hybridized carbons (Fsp3) is 0.0909. The van der Waals surface area contributed by atoms with Crippen molar-refractivity contribution in [3.8, 4) is 10.4 Å². The second kappa shape index (κ2) is 4.49. The highest BCUT2D eigenvalue weighted by Gasteiger charge is 2.12. The number of hydrogen-bond donors (Lipinski definition) is 0. The molecule has 0 bridgehead atoms. The quantitative estimate of drug-likeness (QED) is 0.766. The molecule has 0 N–H and O–H groups in total. The third kappa shape index (κ3) is 2.14. The van der Waals surface area contributed by atoms with Gasteiger partial charge in [-0.05, 0) is 5.56 Å². The second-order valence-corrected chi connectivity index (χ2v) is 4.17. The molecule has 0 atom stereocenters. The van der Waals surface area contributed by atoms with Crippen LogP contribution in [-0.2, 0) is 0 Å². The first kappa shape index (κ1) is 10.9. The number of carbonyl (C=O) groups is 1. The zero-order chi connectivity index (χ0) is 11.5. The van der Waals surface area contributed by atoms with E-state index in [9.17, 15) is 13.6 Å². The summed E-state index contributed by atoms with van der Waals surface area (Å²) in [5.74, 6) is 0. The minimum Gasteiger partial charge on any atom is -0.298 e. The van der Waals surface area contributed by atoms with Crippen LogP contribution < -0.4 is 0 Å². The Morgan fingerprint density at radius 2 is 1.94 bits per heavy atom. The molecule has 16 heavy (non-hydrogen) atoms. The molecule has 2 aromatic rings. The van der Waals surface area contributed by atoms with Crippen molar-refractivity contribution in [1.82, 2.24) is 4.98 Å². The van der Waals surface area contributed by atoms with E-state index in [0.717, 1.165) is 23.2 Å². The van der Waals surface area contributed by atoms with Crippen LogP contribution in [-0.4, -0.2) is 11.3 Å². The Labute approximate surface area is 94.6 Å². The molecule has 0 radical (unpaired) electrons. The Morgan fingerprint density at radius 3 is 2.44 bits per heavy atom. The van der Waals surface area contributed by atoms with Gasteiger partial charge in [-0.3, -0.25) is 4.79 Å². The Hall–Kier alpha value is -1.62. The normalized spacial score (nSPS) is 10.7. The summed E-state index contributed by atoms with van der Waals surface area (Å²) in [6.07, 6.45) is -0.378. The fourth-order valence-electron chi connectivity index (χ4n) is 1.25. The van der Waals surface area contributed by atoms with Gasteiger partial charge in [-0.1, -0.05) is 24.3 Å². The lowest BCUT2D eigenvalue weighted by molar-refractivity contribution is 0.112. The average molecular weight is 239 g/mol. The molecule has 2 nitrogen and oxygen atoms in total. The van der Waals surface area contributed by atoms with Crippen molar-refractivity contribution in [2.24, 2.45) is 0 Å². The largest absolute Gasteiger partial charge is 0.298 e. The standard InChI is InChI=1S/C11H7F2NOS/c12-10(13)11-14-5-9(16-11)8-3-1-7(6-15)2-4-8/h1-6,10H. The van der Waals surface area contributed by atoms with E-state index in [4.69, 9.17) is 0 Å². The highest BCUT2D eigenvalue weighted by atomic mass is 32.1. The number of alkyl halides is 2. The molecule has 0 aliphatic rings. The first-order chi connectivity index (χ1) is 7.70. The van der Waals surface area contributed by atoms with Crippen LogP contribution in [0.2, 0.25) is 0 Å². The highest BCUT2D eigenvalue weighted by molar-refractivity contribution is 7.15. The molecule has 0 fully saturated rings. The van der Waals surface area contributed by atoms with E-state index in [2.05, 4.69) is 4.98 Å². The lowest BCUT2D eigenvalue weighted by Crippen LogP contribution is -1.78. The van der Waals surface area contributed by atoms with E-state index in [0.29, 0.717) is 10.4 Å². The van der Waals surface area contributed by atoms with Crippen LogP contribution in [0.4, 0.5) is 8.78 Å². The van der Waals surface area contributed by atoms with Crippen LogP contribution in [0.15, 0.2) is 30.5 Å². The van der Waals surface area contributed by atoms with Gasteiger partial charge < -0.3 is 0 Å². The molecule has 0 amide bonds. The van der Waals surface area contributed by atoms with Crippen molar-refractivity contribution in [3.05, 3.63) is 41.0 Å². The molecule has 1 heterocycles. The summed E-state index contributed by atoms with van der Waals surface area (Å²) >= 11 is 0.958. The zero-order valence-electron chi connectivity index (χ0n) is 8.06. The van der Waals surface area contributed by atoms with E-state index in [1.807, 2.05) is 0 Å². The maximum absolute atomic E-state index is 12.3. The molecule has 0 aliphatic heterocycles. The van der Waals surface area contributed by atoms with Gasteiger partial charge in [0.05, 0.1) is 4.88 Å². The number of halogens is 2. The molecule has 5 heteroatoms. The van der Waals surface area contributed by atoms with Crippen LogP contribution in [0.1, 0.15) is 21.8 Å². The van der Waals surface area contributed by atoms with Gasteiger partial charge in [-0.25, -0.2) is 13.8 Å². The molecule has 0 aliphatic carbocycles. The summed E-state index contributed by atoms with van der Waals surface area (Å²) in [5, 5.41) is -0.186. The Balaban J connectivity index is 2.31. The van der Waals surface area contributed by atoms with Gasteiger partial charge in [0, 0.05) is 11.8 Å². The van der Waals surface area contributed by atoms with E-state index >= 15 is 0 Å². The average Bonchev–Trinajstić information content (AvgIpc) is 2.78. The smallest absolute Gasteiger partial charge is 0.289 e. The number of rotatable bonds is 3. The van der Waals surface area contributed by atoms with Crippen molar-refractivity contribution >= 4 is 17.6 Å². The van der Waals surface area contributed by atoms with Crippen molar-refractivity contribution < 1.29 is 13.6 Å². The topological polar surface area (TPSA) is 30.0 Å². The molecule has 0 saturated heterocycles. The molecular weight excluding hydrogens is 232 g/mol. The van der Waals surface area contributed by atoms with Gasteiger partial charge in [0.2, 0.25) is 0 Å². The summed E-state index contributed by atoms with van der Waals surface area (Å²) in [4.78, 5) is 14.7. The molecule has 2 rings (SSSR count). The van der Waals surface area contributed by atoms with Gasteiger partial charge >= 0.3 is 0 Å². The minimum absolute atomic E-state index is 0.186. The second-order valence-electron chi connectivity index (χ2n) is 3.10. The van der Waals surface area contributed by atoms with Crippen LogP contribution in [0.25, 0.3) is 10.4 Å². The summed E-state index contributed by atoms with van der Waals surface area (Å²) in [6.45, 7) is 0. The molecule has 0 saturated carbocycles.